The van der Waals surface area contributed by atoms with Crippen molar-refractivity contribution >= 4 is 35.3 Å². The zero-order valence-electron chi connectivity index (χ0n) is 18.4. The van der Waals surface area contributed by atoms with Crippen molar-refractivity contribution in [1.82, 2.24) is 10.2 Å². The third-order valence-corrected chi connectivity index (χ3v) is 4.87. The Morgan fingerprint density at radius 2 is 1.76 bits per heavy atom. The summed E-state index contributed by atoms with van der Waals surface area (Å²) < 4.78 is 13.2. The van der Waals surface area contributed by atoms with E-state index in [1.54, 1.807) is 43.6 Å². The van der Waals surface area contributed by atoms with Crippen LogP contribution in [0.25, 0.3) is 0 Å². The number of hydrogen-bond donors (Lipinski definition) is 3. The number of carboxylic acid groups (broad SMARTS) is 1. The molecular formula is C25H25FN4O3. The highest BCUT2D eigenvalue weighted by atomic mass is 19.1. The SMILES string of the molecule is Cc1ccc(Nc2ccc(C(=O)N(C)CCNC(=O)O)cc2/N=C/c2ccc(F)cc2)cc1. The molecule has 7 nitrogen and oxygen atoms in total. The van der Waals surface area contributed by atoms with Crippen LogP contribution < -0.4 is 10.6 Å². The second-order valence-corrected chi connectivity index (χ2v) is 7.49. The minimum Gasteiger partial charge on any atom is -0.465 e. The number of halogens is 1. The minimum absolute atomic E-state index is 0.125. The number of carbonyl (C=O) groups excluding carboxylic acids is 1. The molecule has 3 aromatic carbocycles. The Morgan fingerprint density at radius 1 is 1.06 bits per heavy atom. The van der Waals surface area contributed by atoms with Crippen LogP contribution in [0.15, 0.2) is 71.7 Å². The van der Waals surface area contributed by atoms with Crippen LogP contribution in [-0.4, -0.2) is 48.4 Å². The molecule has 0 spiro atoms. The summed E-state index contributed by atoms with van der Waals surface area (Å²) >= 11 is 0. The number of hydrogen-bond acceptors (Lipinski definition) is 4. The fourth-order valence-electron chi connectivity index (χ4n) is 3.01. The van der Waals surface area contributed by atoms with Crippen LogP contribution in [-0.2, 0) is 0 Å². The molecule has 8 heteroatoms. The van der Waals surface area contributed by atoms with Gasteiger partial charge in [0.15, 0.2) is 0 Å². The molecule has 3 rings (SSSR count). The standard InChI is InChI=1S/C25H25FN4O3/c1-17-3-10-21(11-4-17)29-22-12-7-19(24(31)30(2)14-13-27-25(32)33)15-23(22)28-16-18-5-8-20(26)9-6-18/h3-12,15-16,27,29H,13-14H2,1-2H3,(H,32,33)/b28-16+. The first-order valence-corrected chi connectivity index (χ1v) is 10.3. The van der Waals surface area contributed by atoms with Gasteiger partial charge in [-0.15, -0.1) is 0 Å². The summed E-state index contributed by atoms with van der Waals surface area (Å²) in [6, 6.07) is 18.9. The summed E-state index contributed by atoms with van der Waals surface area (Å²) in [6.07, 6.45) is 0.462. The molecule has 3 N–H and O–H groups in total. The normalized spacial score (nSPS) is 10.8. The van der Waals surface area contributed by atoms with Crippen LogP contribution in [0.5, 0.6) is 0 Å². The van der Waals surface area contributed by atoms with E-state index in [1.165, 1.54) is 17.0 Å². The molecule has 0 unspecified atom stereocenters. The van der Waals surface area contributed by atoms with E-state index in [0.29, 0.717) is 22.5 Å². The maximum absolute atomic E-state index is 13.2. The average Bonchev–Trinajstić information content (AvgIpc) is 2.80. The Morgan fingerprint density at radius 3 is 2.42 bits per heavy atom. The Hall–Kier alpha value is -4.20. The smallest absolute Gasteiger partial charge is 0.404 e. The topological polar surface area (TPSA) is 94.0 Å². The Balaban J connectivity index is 1.87. The van der Waals surface area contributed by atoms with Crippen LogP contribution in [0.2, 0.25) is 0 Å². The lowest BCUT2D eigenvalue weighted by atomic mass is 10.1. The first kappa shape index (κ1) is 23.5. The van der Waals surface area contributed by atoms with Gasteiger partial charge >= 0.3 is 6.09 Å². The van der Waals surface area contributed by atoms with Gasteiger partial charge in [0.05, 0.1) is 11.4 Å². The second kappa shape index (κ2) is 10.9. The molecule has 0 heterocycles. The molecule has 0 aliphatic carbocycles. The van der Waals surface area contributed by atoms with E-state index in [9.17, 15) is 14.0 Å². The van der Waals surface area contributed by atoms with Crippen molar-refractivity contribution in [2.75, 3.05) is 25.5 Å². The van der Waals surface area contributed by atoms with E-state index in [-0.39, 0.29) is 24.8 Å². The predicted octanol–water partition coefficient (Wildman–Crippen LogP) is 4.97. The van der Waals surface area contributed by atoms with Gasteiger partial charge in [-0.25, -0.2) is 9.18 Å². The zero-order valence-corrected chi connectivity index (χ0v) is 18.4. The Bertz CT molecular complexity index is 1150. The van der Waals surface area contributed by atoms with Gasteiger partial charge in [0.25, 0.3) is 5.91 Å². The molecule has 0 radical (unpaired) electrons. The fraction of sp³-hybridized carbons (Fsp3) is 0.160. The minimum atomic E-state index is -1.14. The van der Waals surface area contributed by atoms with Crippen molar-refractivity contribution < 1.29 is 19.1 Å². The number of rotatable bonds is 8. The molecule has 3 aromatic rings. The van der Waals surface area contributed by atoms with E-state index < -0.39 is 6.09 Å². The molecular weight excluding hydrogens is 423 g/mol. The summed E-state index contributed by atoms with van der Waals surface area (Å²) in [5.41, 5.74) is 4.36. The summed E-state index contributed by atoms with van der Waals surface area (Å²) in [5.74, 6) is -0.593. The van der Waals surface area contributed by atoms with E-state index in [1.807, 2.05) is 31.2 Å². The van der Waals surface area contributed by atoms with E-state index in [4.69, 9.17) is 5.11 Å². The first-order valence-electron chi connectivity index (χ1n) is 10.3. The van der Waals surface area contributed by atoms with Crippen molar-refractivity contribution in [1.29, 1.82) is 0 Å². The van der Waals surface area contributed by atoms with Crippen LogP contribution in [0.3, 0.4) is 0 Å². The van der Waals surface area contributed by atoms with Gasteiger partial charge in [0, 0.05) is 37.6 Å². The van der Waals surface area contributed by atoms with Gasteiger partial charge in [0.2, 0.25) is 0 Å². The highest BCUT2D eigenvalue weighted by Crippen LogP contribution is 2.30. The number of aliphatic imine (C=N–C) groups is 1. The number of amides is 2. The summed E-state index contributed by atoms with van der Waals surface area (Å²) in [6.45, 7) is 2.36. The quantitative estimate of drug-likeness (QED) is 0.424. The molecule has 0 atom stereocenters. The van der Waals surface area contributed by atoms with Crippen LogP contribution >= 0.6 is 0 Å². The maximum atomic E-state index is 13.2. The van der Waals surface area contributed by atoms with Crippen molar-refractivity contribution in [3.63, 3.8) is 0 Å². The fourth-order valence-corrected chi connectivity index (χ4v) is 3.01. The van der Waals surface area contributed by atoms with Gasteiger partial charge in [-0.2, -0.15) is 0 Å². The van der Waals surface area contributed by atoms with Crippen molar-refractivity contribution in [3.8, 4) is 0 Å². The largest absolute Gasteiger partial charge is 0.465 e. The molecule has 0 saturated heterocycles. The molecule has 2 amide bonds. The number of nitrogens with one attached hydrogen (secondary N) is 2. The molecule has 0 bridgehead atoms. The third-order valence-electron chi connectivity index (χ3n) is 4.87. The van der Waals surface area contributed by atoms with Gasteiger partial charge in [-0.05, 0) is 55.0 Å². The Labute approximate surface area is 191 Å². The number of nitrogens with zero attached hydrogens (tertiary/aromatic N) is 2. The van der Waals surface area contributed by atoms with E-state index in [0.717, 1.165) is 11.3 Å². The molecule has 0 saturated carbocycles. The van der Waals surface area contributed by atoms with Crippen LogP contribution in [0.1, 0.15) is 21.5 Å². The number of likely N-dealkylation sites (N-methyl/N-ethyl adjacent to an activating group) is 1. The molecule has 170 valence electrons. The summed E-state index contributed by atoms with van der Waals surface area (Å²) in [4.78, 5) is 29.4. The Kier molecular flexibility index (Phi) is 7.75. The number of aryl methyl sites for hydroxylation is 1. The number of anilines is 2. The lowest BCUT2D eigenvalue weighted by molar-refractivity contribution is 0.0795. The molecule has 0 aromatic heterocycles. The molecule has 0 fully saturated rings. The predicted molar refractivity (Wildman–Crippen MR) is 128 cm³/mol. The third kappa shape index (κ3) is 6.90. The molecule has 33 heavy (non-hydrogen) atoms. The monoisotopic (exact) mass is 448 g/mol. The lowest BCUT2D eigenvalue weighted by Crippen LogP contribution is -2.35. The van der Waals surface area contributed by atoms with Gasteiger partial charge in [-0.1, -0.05) is 29.8 Å². The first-order chi connectivity index (χ1) is 15.8. The van der Waals surface area contributed by atoms with E-state index >= 15 is 0 Å². The lowest BCUT2D eigenvalue weighted by Gasteiger charge is -2.18. The van der Waals surface area contributed by atoms with Crippen molar-refractivity contribution in [2.45, 2.75) is 6.92 Å². The average molecular weight is 448 g/mol. The molecule has 0 aliphatic heterocycles. The maximum Gasteiger partial charge on any atom is 0.404 e. The van der Waals surface area contributed by atoms with Gasteiger partial charge < -0.3 is 20.6 Å². The number of benzene rings is 3. The number of carbonyl (C=O) groups is 2. The van der Waals surface area contributed by atoms with E-state index in [2.05, 4.69) is 15.6 Å². The van der Waals surface area contributed by atoms with Crippen molar-refractivity contribution in [3.05, 3.63) is 89.2 Å². The summed E-state index contributed by atoms with van der Waals surface area (Å²) in [5, 5.41) is 14.2. The van der Waals surface area contributed by atoms with Crippen LogP contribution in [0, 0.1) is 12.7 Å². The second-order valence-electron chi connectivity index (χ2n) is 7.49. The molecule has 0 aliphatic rings. The zero-order chi connectivity index (χ0) is 23.8. The summed E-state index contributed by atoms with van der Waals surface area (Å²) in [7, 11) is 1.60. The van der Waals surface area contributed by atoms with Gasteiger partial charge in [-0.3, -0.25) is 9.79 Å². The van der Waals surface area contributed by atoms with Gasteiger partial charge in [0.1, 0.15) is 5.82 Å². The van der Waals surface area contributed by atoms with Crippen molar-refractivity contribution in [2.24, 2.45) is 4.99 Å². The highest BCUT2D eigenvalue weighted by molar-refractivity contribution is 5.97. The highest BCUT2D eigenvalue weighted by Gasteiger charge is 2.14. The van der Waals surface area contributed by atoms with Crippen LogP contribution in [0.4, 0.5) is 26.2 Å².